The average Bonchev–Trinajstić information content (AvgIpc) is 2.47. The number of hydrogen-bond donors (Lipinski definition) is 2. The molecule has 0 heterocycles. The van der Waals surface area contributed by atoms with Gasteiger partial charge in [0.05, 0.1) is 42.3 Å². The van der Waals surface area contributed by atoms with E-state index < -0.39 is 0 Å². The largest absolute Gasteiger partial charge is 1.00 e. The van der Waals surface area contributed by atoms with Crippen molar-refractivity contribution in [1.29, 1.82) is 0 Å². The van der Waals surface area contributed by atoms with Crippen LogP contribution in [0.2, 0.25) is 0 Å². The van der Waals surface area contributed by atoms with Crippen molar-refractivity contribution in [3.8, 4) is 0 Å². The van der Waals surface area contributed by atoms with Crippen LogP contribution in [0.25, 0.3) is 0 Å². The van der Waals surface area contributed by atoms with E-state index in [1.54, 1.807) is 0 Å². The van der Waals surface area contributed by atoms with Crippen LogP contribution in [0.4, 0.5) is 9.59 Å². The second kappa shape index (κ2) is 17.8. The highest BCUT2D eigenvalue weighted by molar-refractivity contribution is 5.67. The van der Waals surface area contributed by atoms with E-state index in [0.29, 0.717) is 26.3 Å². The molecule has 0 aromatic heterocycles. The quantitative estimate of drug-likeness (QED) is 0.122. The summed E-state index contributed by atoms with van der Waals surface area (Å²) in [7, 11) is 12.3. The number of carbonyl (C=O) groups excluding carboxylic acids is 2. The van der Waals surface area contributed by atoms with Gasteiger partial charge < -0.3 is 77.0 Å². The molecule has 0 rings (SSSR count). The lowest BCUT2D eigenvalue weighted by atomic mass is 10.2. The van der Waals surface area contributed by atoms with Crippen LogP contribution in [0.5, 0.6) is 0 Å². The van der Waals surface area contributed by atoms with Crippen molar-refractivity contribution in [2.24, 2.45) is 0 Å². The molecule has 0 aliphatic carbocycles. The summed E-state index contributed by atoms with van der Waals surface area (Å²) in [6.07, 6.45) is 3.10. The van der Waals surface area contributed by atoms with Gasteiger partial charge in [-0.15, -0.1) is 0 Å². The highest BCUT2D eigenvalue weighted by atomic mass is 127. The number of amides is 2. The number of nitrogens with zero attached hydrogens (tertiary/aromatic N) is 2. The third-order valence-electron chi connectivity index (χ3n) is 3.63. The number of nitrogens with one attached hydrogen (secondary N) is 2. The Balaban J connectivity index is -0.00000312. The fourth-order valence-electron chi connectivity index (χ4n) is 1.91. The van der Waals surface area contributed by atoms with Crippen molar-refractivity contribution in [3.05, 3.63) is 0 Å². The first kappa shape index (κ1) is 32.6. The first-order valence-electron chi connectivity index (χ1n) is 9.42. The molecular formula is C18H40I2N4O4. The van der Waals surface area contributed by atoms with E-state index in [1.807, 2.05) is 0 Å². The van der Waals surface area contributed by atoms with Crippen LogP contribution < -0.4 is 58.6 Å². The lowest BCUT2D eigenvalue weighted by Crippen LogP contribution is -3.00. The number of ether oxygens (including phenoxy) is 2. The van der Waals surface area contributed by atoms with Gasteiger partial charge in [0.1, 0.15) is 26.3 Å². The van der Waals surface area contributed by atoms with Crippen LogP contribution in [0.3, 0.4) is 0 Å². The van der Waals surface area contributed by atoms with Crippen LogP contribution in [-0.4, -0.2) is 103 Å². The lowest BCUT2D eigenvalue weighted by Gasteiger charge is -2.23. The van der Waals surface area contributed by atoms with Gasteiger partial charge in [-0.2, -0.15) is 0 Å². The number of carbonyl (C=O) groups is 2. The molecule has 2 N–H and O–H groups in total. The molecule has 0 aliphatic heterocycles. The van der Waals surface area contributed by atoms with Gasteiger partial charge in [0, 0.05) is 13.1 Å². The number of unbranched alkanes of at least 4 members (excludes halogenated alkanes) is 3. The number of likely N-dealkylation sites (N-methyl/N-ethyl adjacent to an activating group) is 2. The van der Waals surface area contributed by atoms with Gasteiger partial charge in [0.2, 0.25) is 0 Å². The van der Waals surface area contributed by atoms with E-state index >= 15 is 0 Å². The predicted octanol–water partition coefficient (Wildman–Crippen LogP) is -4.58. The number of rotatable bonds is 13. The van der Waals surface area contributed by atoms with Crippen LogP contribution in [0, 0.1) is 0 Å². The molecule has 2 amide bonds. The second-order valence-corrected chi connectivity index (χ2v) is 8.57. The zero-order valence-corrected chi connectivity index (χ0v) is 22.7. The summed E-state index contributed by atoms with van der Waals surface area (Å²) in [5.41, 5.74) is 0. The maximum atomic E-state index is 11.5. The Hall–Kier alpha value is -0.0800. The average molecular weight is 630 g/mol. The monoisotopic (exact) mass is 630 g/mol. The molecule has 0 saturated heterocycles. The maximum absolute atomic E-state index is 11.5. The third kappa shape index (κ3) is 25.9. The zero-order valence-electron chi connectivity index (χ0n) is 18.4. The first-order valence-corrected chi connectivity index (χ1v) is 9.42. The minimum atomic E-state index is -0.350. The normalized spacial score (nSPS) is 10.9. The number of halogens is 2. The van der Waals surface area contributed by atoms with Crippen molar-refractivity contribution in [2.45, 2.75) is 25.7 Å². The Morgan fingerprint density at radius 3 is 1.25 bits per heavy atom. The Morgan fingerprint density at radius 1 is 0.643 bits per heavy atom. The molecular weight excluding hydrogens is 590 g/mol. The molecule has 0 aliphatic rings. The molecule has 0 aromatic rings. The summed E-state index contributed by atoms with van der Waals surface area (Å²) in [5, 5.41) is 5.51. The smallest absolute Gasteiger partial charge is 0.407 e. The van der Waals surface area contributed by atoms with Gasteiger partial charge in [-0.05, 0) is 12.8 Å². The highest BCUT2D eigenvalue weighted by Crippen LogP contribution is 1.98. The molecule has 8 nitrogen and oxygen atoms in total. The molecule has 0 fully saturated rings. The van der Waals surface area contributed by atoms with E-state index in [0.717, 1.165) is 47.7 Å². The Bertz CT molecular complexity index is 375. The van der Waals surface area contributed by atoms with Gasteiger partial charge in [0.25, 0.3) is 0 Å². The molecule has 0 atom stereocenters. The number of hydrogen-bond acceptors (Lipinski definition) is 4. The summed E-state index contributed by atoms with van der Waals surface area (Å²) in [4.78, 5) is 23.0. The SMILES string of the molecule is C[N+](C)(C)CCOC(=O)NCCCCCCNC(=O)OCC[N+](C)(C)C.[I-].[I-]. The summed E-state index contributed by atoms with van der Waals surface area (Å²) >= 11 is 0. The Kier molecular flexibility index (Phi) is 20.7. The predicted molar refractivity (Wildman–Crippen MR) is 103 cm³/mol. The minimum absolute atomic E-state index is 0. The van der Waals surface area contributed by atoms with Crippen molar-refractivity contribution >= 4 is 12.2 Å². The summed E-state index contributed by atoms with van der Waals surface area (Å²) in [6.45, 7) is 3.65. The second-order valence-electron chi connectivity index (χ2n) is 8.57. The van der Waals surface area contributed by atoms with Crippen molar-refractivity contribution in [1.82, 2.24) is 10.6 Å². The topological polar surface area (TPSA) is 76.7 Å². The standard InChI is InChI=1S/C18H38N4O4.2HI/c1-21(2,3)13-15-25-17(23)19-11-9-7-8-10-12-20-18(24)26-16-14-22(4,5)6;;/h7-16H2,1-6H3;2*1H. The Morgan fingerprint density at radius 2 is 0.964 bits per heavy atom. The molecule has 0 saturated carbocycles. The van der Waals surface area contributed by atoms with E-state index in [9.17, 15) is 9.59 Å². The zero-order chi connectivity index (χ0) is 20.1. The molecule has 170 valence electrons. The summed E-state index contributed by atoms with van der Waals surface area (Å²) < 4.78 is 11.8. The summed E-state index contributed by atoms with van der Waals surface area (Å²) in [5.74, 6) is 0. The van der Waals surface area contributed by atoms with Gasteiger partial charge in [-0.1, -0.05) is 12.8 Å². The molecule has 0 spiro atoms. The van der Waals surface area contributed by atoms with Crippen molar-refractivity contribution in [3.63, 3.8) is 0 Å². The number of quaternary nitrogens is 2. The van der Waals surface area contributed by atoms with E-state index in [4.69, 9.17) is 9.47 Å². The number of alkyl carbamates (subject to hydrolysis) is 2. The maximum Gasteiger partial charge on any atom is 0.407 e. The molecule has 0 radical (unpaired) electrons. The minimum Gasteiger partial charge on any atom is -1.00 e. The van der Waals surface area contributed by atoms with Crippen LogP contribution in [0.15, 0.2) is 0 Å². The first-order chi connectivity index (χ1) is 12.0. The molecule has 28 heavy (non-hydrogen) atoms. The molecule has 0 unspecified atom stereocenters. The summed E-state index contributed by atoms with van der Waals surface area (Å²) in [6, 6.07) is 0. The molecule has 10 heteroatoms. The van der Waals surface area contributed by atoms with Crippen molar-refractivity contribution < 1.29 is 76.0 Å². The van der Waals surface area contributed by atoms with Gasteiger partial charge in [0.15, 0.2) is 0 Å². The van der Waals surface area contributed by atoms with Crippen LogP contribution in [0.1, 0.15) is 25.7 Å². The van der Waals surface area contributed by atoms with E-state index in [1.165, 1.54) is 0 Å². The van der Waals surface area contributed by atoms with Crippen LogP contribution >= 0.6 is 0 Å². The van der Waals surface area contributed by atoms with Crippen molar-refractivity contribution in [2.75, 3.05) is 81.7 Å². The molecule has 0 aromatic carbocycles. The molecule has 0 bridgehead atoms. The van der Waals surface area contributed by atoms with Crippen LogP contribution in [-0.2, 0) is 9.47 Å². The lowest BCUT2D eigenvalue weighted by molar-refractivity contribution is -0.870. The van der Waals surface area contributed by atoms with E-state index in [-0.39, 0.29) is 60.1 Å². The fourth-order valence-corrected chi connectivity index (χ4v) is 1.91. The fraction of sp³-hybridized carbons (Fsp3) is 0.889. The third-order valence-corrected chi connectivity index (χ3v) is 3.63. The van der Waals surface area contributed by atoms with Gasteiger partial charge in [-0.25, -0.2) is 9.59 Å². The Labute approximate surface area is 205 Å². The van der Waals surface area contributed by atoms with E-state index in [2.05, 4.69) is 52.9 Å². The van der Waals surface area contributed by atoms with Gasteiger partial charge >= 0.3 is 12.2 Å². The highest BCUT2D eigenvalue weighted by Gasteiger charge is 2.09. The van der Waals surface area contributed by atoms with Gasteiger partial charge in [-0.3, -0.25) is 0 Å².